The average molecular weight is 370 g/mol. The Morgan fingerprint density at radius 3 is 2.04 bits per heavy atom. The molecule has 0 bridgehead atoms. The summed E-state index contributed by atoms with van der Waals surface area (Å²) in [7, 11) is 0. The van der Waals surface area contributed by atoms with Gasteiger partial charge in [0.25, 0.3) is 0 Å². The fraction of sp³-hybridized carbons (Fsp3) is 0.136. The molecule has 1 aliphatic rings. The summed E-state index contributed by atoms with van der Waals surface area (Å²) in [6.07, 6.45) is 6.84. The van der Waals surface area contributed by atoms with E-state index in [1.54, 1.807) is 49.1 Å². The molecule has 0 fully saturated rings. The van der Waals surface area contributed by atoms with Gasteiger partial charge in [0.15, 0.2) is 11.6 Å². The van der Waals surface area contributed by atoms with Crippen LogP contribution in [0.3, 0.4) is 0 Å². The van der Waals surface area contributed by atoms with E-state index in [2.05, 4.69) is 20.3 Å². The molecule has 1 N–H and O–H groups in total. The van der Waals surface area contributed by atoms with Crippen molar-refractivity contribution in [2.45, 2.75) is 13.1 Å². The van der Waals surface area contributed by atoms with Crippen molar-refractivity contribution in [1.29, 1.82) is 0 Å². The van der Waals surface area contributed by atoms with Crippen LogP contribution in [0.1, 0.15) is 31.8 Å². The van der Waals surface area contributed by atoms with E-state index in [-0.39, 0.29) is 11.6 Å². The molecule has 1 aromatic carbocycles. The Bertz CT molecular complexity index is 998. The molecule has 0 saturated carbocycles. The maximum atomic E-state index is 12.9. The second-order valence-electron chi connectivity index (χ2n) is 6.48. The first-order valence-electron chi connectivity index (χ1n) is 8.97. The highest BCUT2D eigenvalue weighted by atomic mass is 16.2. The summed E-state index contributed by atoms with van der Waals surface area (Å²) in [4.78, 5) is 38.6. The molecule has 0 aliphatic heterocycles. The fourth-order valence-electron chi connectivity index (χ4n) is 3.20. The van der Waals surface area contributed by atoms with Gasteiger partial charge >= 0.3 is 0 Å². The van der Waals surface area contributed by atoms with Crippen LogP contribution < -0.4 is 5.32 Å². The summed E-state index contributed by atoms with van der Waals surface area (Å²) in [6.45, 7) is 0.754. The zero-order valence-corrected chi connectivity index (χ0v) is 15.1. The molecule has 0 radical (unpaired) electrons. The van der Waals surface area contributed by atoms with Crippen molar-refractivity contribution < 1.29 is 9.59 Å². The normalized spacial score (nSPS) is 14.2. The highest BCUT2D eigenvalue weighted by Gasteiger charge is 2.41. The molecular weight excluding hydrogens is 352 g/mol. The topological polar surface area (TPSA) is 84.3 Å². The highest BCUT2D eigenvalue weighted by molar-refractivity contribution is 6.36. The maximum Gasteiger partial charge on any atom is 0.182 e. The Kier molecular flexibility index (Phi) is 5.01. The molecule has 3 aromatic rings. The number of amidine groups is 1. The van der Waals surface area contributed by atoms with Crippen molar-refractivity contribution in [3.63, 3.8) is 0 Å². The van der Waals surface area contributed by atoms with Crippen LogP contribution in [0.5, 0.6) is 0 Å². The van der Waals surface area contributed by atoms with E-state index in [1.165, 1.54) is 0 Å². The first kappa shape index (κ1) is 17.7. The van der Waals surface area contributed by atoms with Gasteiger partial charge in [-0.25, -0.2) is 0 Å². The third kappa shape index (κ3) is 3.57. The SMILES string of the molecule is O=C1c2ccccc2C(=O)C1C(=NCc1cccnc1)NCc1cccnc1. The number of rotatable bonds is 5. The van der Waals surface area contributed by atoms with Crippen molar-refractivity contribution in [2.75, 3.05) is 0 Å². The van der Waals surface area contributed by atoms with E-state index in [4.69, 9.17) is 0 Å². The molecule has 6 nitrogen and oxygen atoms in total. The molecule has 1 aliphatic carbocycles. The van der Waals surface area contributed by atoms with Gasteiger partial charge in [0.1, 0.15) is 11.8 Å². The molecular formula is C22H18N4O2. The fourth-order valence-corrected chi connectivity index (χ4v) is 3.20. The molecule has 28 heavy (non-hydrogen) atoms. The average Bonchev–Trinajstić information content (AvgIpc) is 3.01. The third-order valence-corrected chi connectivity index (χ3v) is 4.61. The maximum absolute atomic E-state index is 12.9. The number of hydrogen-bond donors (Lipinski definition) is 1. The number of nitrogens with one attached hydrogen (secondary N) is 1. The van der Waals surface area contributed by atoms with Gasteiger partial charge in [0, 0.05) is 42.5 Å². The van der Waals surface area contributed by atoms with E-state index in [0.29, 0.717) is 30.1 Å². The summed E-state index contributed by atoms with van der Waals surface area (Å²) in [5.41, 5.74) is 2.75. The first-order chi connectivity index (χ1) is 13.7. The van der Waals surface area contributed by atoms with Crippen LogP contribution in [0, 0.1) is 5.92 Å². The minimum atomic E-state index is -0.939. The summed E-state index contributed by atoms with van der Waals surface area (Å²) in [5, 5.41) is 3.19. The number of nitrogens with zero attached hydrogens (tertiary/aromatic N) is 3. The van der Waals surface area contributed by atoms with Crippen LogP contribution in [-0.4, -0.2) is 27.4 Å². The number of Topliss-reactive ketones (excluding diaryl/α,β-unsaturated/α-hetero) is 2. The summed E-state index contributed by atoms with van der Waals surface area (Å²) >= 11 is 0. The Balaban J connectivity index is 1.63. The number of fused-ring (bicyclic) bond motifs is 1. The van der Waals surface area contributed by atoms with E-state index >= 15 is 0 Å². The quantitative estimate of drug-likeness (QED) is 0.424. The van der Waals surface area contributed by atoms with Crippen LogP contribution in [0.4, 0.5) is 0 Å². The molecule has 0 spiro atoms. The number of aliphatic imine (C=N–C) groups is 1. The number of ketones is 2. The van der Waals surface area contributed by atoms with E-state index in [9.17, 15) is 9.59 Å². The number of carbonyl (C=O) groups excluding carboxylic acids is 2. The van der Waals surface area contributed by atoms with Gasteiger partial charge in [-0.15, -0.1) is 0 Å². The molecule has 2 heterocycles. The van der Waals surface area contributed by atoms with Crippen molar-refractivity contribution in [3.8, 4) is 0 Å². The van der Waals surface area contributed by atoms with Gasteiger partial charge < -0.3 is 5.32 Å². The molecule has 4 rings (SSSR count). The lowest BCUT2D eigenvalue weighted by atomic mass is 10.0. The number of hydrogen-bond acceptors (Lipinski definition) is 5. The zero-order chi connectivity index (χ0) is 19.3. The van der Waals surface area contributed by atoms with E-state index < -0.39 is 5.92 Å². The number of benzene rings is 1. The van der Waals surface area contributed by atoms with E-state index in [0.717, 1.165) is 11.1 Å². The predicted octanol–water partition coefficient (Wildman–Crippen LogP) is 2.86. The van der Waals surface area contributed by atoms with Crippen LogP contribution in [0.25, 0.3) is 0 Å². The van der Waals surface area contributed by atoms with Crippen LogP contribution in [0.2, 0.25) is 0 Å². The zero-order valence-electron chi connectivity index (χ0n) is 15.1. The molecule has 0 saturated heterocycles. The smallest absolute Gasteiger partial charge is 0.182 e. The van der Waals surface area contributed by atoms with Crippen LogP contribution >= 0.6 is 0 Å². The first-order valence-corrected chi connectivity index (χ1v) is 8.97. The number of carbonyl (C=O) groups is 2. The minimum Gasteiger partial charge on any atom is -0.369 e. The van der Waals surface area contributed by atoms with Gasteiger partial charge in [0.05, 0.1) is 6.54 Å². The lowest BCUT2D eigenvalue weighted by molar-refractivity contribution is 0.0881. The van der Waals surface area contributed by atoms with Gasteiger partial charge in [0.2, 0.25) is 0 Å². The van der Waals surface area contributed by atoms with Crippen molar-refractivity contribution in [2.24, 2.45) is 10.9 Å². The van der Waals surface area contributed by atoms with Crippen molar-refractivity contribution in [1.82, 2.24) is 15.3 Å². The summed E-state index contributed by atoms with van der Waals surface area (Å²) < 4.78 is 0. The van der Waals surface area contributed by atoms with Gasteiger partial charge in [-0.2, -0.15) is 0 Å². The van der Waals surface area contributed by atoms with Crippen LogP contribution in [0.15, 0.2) is 78.3 Å². The Morgan fingerprint density at radius 2 is 1.46 bits per heavy atom. The second-order valence-corrected chi connectivity index (χ2v) is 6.48. The highest BCUT2D eigenvalue weighted by Crippen LogP contribution is 2.27. The largest absolute Gasteiger partial charge is 0.369 e. The molecule has 0 atom stereocenters. The molecule has 0 unspecified atom stereocenters. The second kappa shape index (κ2) is 7.92. The molecule has 0 amide bonds. The lowest BCUT2D eigenvalue weighted by Gasteiger charge is -2.14. The Hall–Kier alpha value is -3.67. The molecule has 138 valence electrons. The summed E-state index contributed by atoms with van der Waals surface area (Å²) in [6, 6.07) is 14.4. The van der Waals surface area contributed by atoms with Gasteiger partial charge in [-0.1, -0.05) is 36.4 Å². The minimum absolute atomic E-state index is 0.218. The standard InChI is InChI=1S/C22H18N4O2/c27-20-17-7-1-2-8-18(17)21(28)19(20)22(25-13-15-5-3-9-23-11-15)26-14-16-6-4-10-24-12-16/h1-12,19H,13-14H2,(H,25,26). The van der Waals surface area contributed by atoms with Crippen molar-refractivity contribution >= 4 is 17.4 Å². The van der Waals surface area contributed by atoms with E-state index in [1.807, 2.05) is 24.3 Å². The van der Waals surface area contributed by atoms with Gasteiger partial charge in [-0.3, -0.25) is 24.5 Å². The summed E-state index contributed by atoms with van der Waals surface area (Å²) in [5.74, 6) is -1.00. The predicted molar refractivity (Wildman–Crippen MR) is 105 cm³/mol. The molecule has 2 aromatic heterocycles. The Labute approximate surface area is 162 Å². The van der Waals surface area contributed by atoms with Gasteiger partial charge in [-0.05, 0) is 23.3 Å². The lowest BCUT2D eigenvalue weighted by Crippen LogP contribution is -2.37. The third-order valence-electron chi connectivity index (χ3n) is 4.61. The number of pyridine rings is 2. The Morgan fingerprint density at radius 1 is 0.857 bits per heavy atom. The monoisotopic (exact) mass is 370 g/mol. The number of aromatic nitrogens is 2. The molecule has 6 heteroatoms. The van der Waals surface area contributed by atoms with Crippen LogP contribution in [-0.2, 0) is 13.1 Å². The van der Waals surface area contributed by atoms with Crippen molar-refractivity contribution in [3.05, 3.63) is 95.6 Å².